The summed E-state index contributed by atoms with van der Waals surface area (Å²) in [5, 5.41) is 1.30. The van der Waals surface area contributed by atoms with Gasteiger partial charge in [0.25, 0.3) is 0 Å². The van der Waals surface area contributed by atoms with Gasteiger partial charge in [-0.2, -0.15) is 0 Å². The van der Waals surface area contributed by atoms with Gasteiger partial charge in [0.05, 0.1) is 18.2 Å². The number of carbonyl (C=O) groups is 1. The molecule has 0 radical (unpaired) electrons. The van der Waals surface area contributed by atoms with E-state index in [0.29, 0.717) is 18.6 Å². The lowest BCUT2D eigenvalue weighted by Crippen LogP contribution is -2.45. The predicted octanol–water partition coefficient (Wildman–Crippen LogP) is 5.42. The summed E-state index contributed by atoms with van der Waals surface area (Å²) in [6, 6.07) is 8.92. The molecule has 2 atom stereocenters. The first-order valence-corrected chi connectivity index (χ1v) is 11.0. The summed E-state index contributed by atoms with van der Waals surface area (Å²) < 4.78 is 7.58. The average Bonchev–Trinajstić information content (AvgIpc) is 3.11. The van der Waals surface area contributed by atoms with Crippen LogP contribution in [0.4, 0.5) is 0 Å². The van der Waals surface area contributed by atoms with E-state index in [0.717, 1.165) is 30.6 Å². The summed E-state index contributed by atoms with van der Waals surface area (Å²) in [5.41, 5.74) is 4.65. The number of esters is 1. The van der Waals surface area contributed by atoms with Crippen molar-refractivity contribution in [2.45, 2.75) is 59.9 Å². The van der Waals surface area contributed by atoms with E-state index >= 15 is 0 Å². The van der Waals surface area contributed by atoms with Crippen LogP contribution in [0.3, 0.4) is 0 Å². The van der Waals surface area contributed by atoms with Gasteiger partial charge in [0.2, 0.25) is 0 Å². The third-order valence-corrected chi connectivity index (χ3v) is 5.83. The lowest BCUT2D eigenvalue weighted by atomic mass is 9.80. The zero-order valence-corrected chi connectivity index (χ0v) is 18.0. The van der Waals surface area contributed by atoms with Gasteiger partial charge in [0.15, 0.2) is 0 Å². The number of nitrogens with zero attached hydrogens (tertiary/aromatic N) is 2. The molecule has 0 amide bonds. The van der Waals surface area contributed by atoms with Gasteiger partial charge in [-0.25, -0.2) is 4.79 Å². The van der Waals surface area contributed by atoms with E-state index in [2.05, 4.69) is 39.8 Å². The van der Waals surface area contributed by atoms with Crippen molar-refractivity contribution in [3.8, 4) is 0 Å². The average molecular weight is 383 g/mol. The van der Waals surface area contributed by atoms with Crippen molar-refractivity contribution >= 4 is 22.6 Å². The molecule has 4 nitrogen and oxygen atoms in total. The topological polar surface area (TPSA) is 34.5 Å². The Hall–Kier alpha value is -2.07. The monoisotopic (exact) mass is 382 g/mol. The van der Waals surface area contributed by atoms with E-state index in [1.54, 1.807) is 0 Å². The van der Waals surface area contributed by atoms with Crippen LogP contribution in [0.25, 0.3) is 16.6 Å². The van der Waals surface area contributed by atoms with Gasteiger partial charge < -0.3 is 9.30 Å². The van der Waals surface area contributed by atoms with Gasteiger partial charge >= 0.3 is 5.97 Å². The fraction of sp³-hybridized carbons (Fsp3) is 0.542. The van der Waals surface area contributed by atoms with Crippen molar-refractivity contribution in [1.29, 1.82) is 0 Å². The maximum Gasteiger partial charge on any atom is 0.354 e. The molecule has 28 heavy (non-hydrogen) atoms. The first-order chi connectivity index (χ1) is 13.8. The molecule has 4 heteroatoms. The van der Waals surface area contributed by atoms with Crippen LogP contribution in [0.15, 0.2) is 30.3 Å². The molecular weight excluding hydrogens is 348 g/mol. The number of ether oxygens (including phenoxy) is 1. The van der Waals surface area contributed by atoms with Gasteiger partial charge in [0.1, 0.15) is 5.70 Å². The number of carbonyl (C=O) groups excluding carboxylic acids is 1. The third kappa shape index (κ3) is 3.18. The fourth-order valence-electron chi connectivity index (χ4n) is 4.96. The van der Waals surface area contributed by atoms with Crippen molar-refractivity contribution in [2.24, 2.45) is 5.92 Å². The second-order valence-corrected chi connectivity index (χ2v) is 7.03. The second-order valence-electron chi connectivity index (χ2n) is 7.03. The van der Waals surface area contributed by atoms with Crippen LogP contribution in [0.2, 0.25) is 0 Å². The number of rotatable bonds is 2. The molecule has 1 fully saturated rings. The summed E-state index contributed by atoms with van der Waals surface area (Å²) >= 11 is 0. The molecule has 0 N–H and O–H groups in total. The number of para-hydroxylation sites is 1. The molecule has 1 aromatic heterocycles. The molecule has 2 aromatic rings. The van der Waals surface area contributed by atoms with Gasteiger partial charge in [0, 0.05) is 23.5 Å². The highest BCUT2D eigenvalue weighted by Gasteiger charge is 2.43. The van der Waals surface area contributed by atoms with Crippen molar-refractivity contribution in [2.75, 3.05) is 19.7 Å². The van der Waals surface area contributed by atoms with E-state index in [1.165, 1.54) is 29.6 Å². The highest BCUT2D eigenvalue weighted by Crippen LogP contribution is 2.49. The summed E-state index contributed by atoms with van der Waals surface area (Å²) in [4.78, 5) is 15.3. The lowest BCUT2D eigenvalue weighted by Gasteiger charge is -2.46. The van der Waals surface area contributed by atoms with E-state index in [9.17, 15) is 4.79 Å². The van der Waals surface area contributed by atoms with Crippen LogP contribution in [0, 0.1) is 5.92 Å². The van der Waals surface area contributed by atoms with Gasteiger partial charge in [-0.3, -0.25) is 4.90 Å². The molecule has 5 rings (SSSR count). The minimum absolute atomic E-state index is 0.192. The number of hydrogen-bond acceptors (Lipinski definition) is 3. The molecule has 1 aromatic carbocycles. The van der Waals surface area contributed by atoms with Gasteiger partial charge in [-0.1, -0.05) is 45.9 Å². The molecule has 152 valence electrons. The molecule has 3 aliphatic rings. The minimum atomic E-state index is -0.192. The molecule has 1 saturated heterocycles. The SMILES string of the molecule is CC.CC.CCOC(=O)C1=CC2CCCN3CCc4c(n1c1ccccc41)C23. The van der Waals surface area contributed by atoms with Crippen molar-refractivity contribution in [3.63, 3.8) is 0 Å². The zero-order valence-electron chi connectivity index (χ0n) is 18.0. The second kappa shape index (κ2) is 8.95. The Morgan fingerprint density at radius 1 is 1.14 bits per heavy atom. The Kier molecular flexibility index (Phi) is 6.61. The third-order valence-electron chi connectivity index (χ3n) is 5.83. The largest absolute Gasteiger partial charge is 0.461 e. The van der Waals surface area contributed by atoms with Crippen molar-refractivity contribution in [3.05, 3.63) is 41.6 Å². The zero-order chi connectivity index (χ0) is 20.3. The maximum atomic E-state index is 12.7. The first-order valence-electron chi connectivity index (χ1n) is 11.0. The van der Waals surface area contributed by atoms with Crippen molar-refractivity contribution in [1.82, 2.24) is 9.47 Å². The summed E-state index contributed by atoms with van der Waals surface area (Å²) in [7, 11) is 0. The Balaban J connectivity index is 0.000000531. The summed E-state index contributed by atoms with van der Waals surface area (Å²) in [5.74, 6) is 0.233. The molecule has 0 spiro atoms. The Morgan fingerprint density at radius 3 is 2.64 bits per heavy atom. The van der Waals surface area contributed by atoms with Crippen LogP contribution in [-0.2, 0) is 16.0 Å². The molecule has 3 aliphatic heterocycles. The Morgan fingerprint density at radius 2 is 1.89 bits per heavy atom. The van der Waals surface area contributed by atoms with E-state index in [-0.39, 0.29) is 5.97 Å². The standard InChI is InChI=1S/C20H22N2O2.2C2H6/c1-2-24-20(23)17-12-13-6-5-10-21-11-9-15-14-7-3-4-8-16(14)22(17)19(15)18(13)21;2*1-2/h3-4,7-8,12-13,18H,2,5-6,9-11H2,1H3;2*1-2H3. The number of hydrogen-bond donors (Lipinski definition) is 0. The summed E-state index contributed by atoms with van der Waals surface area (Å²) in [6.07, 6.45) is 5.62. The fourth-order valence-corrected chi connectivity index (χ4v) is 4.96. The molecule has 0 aliphatic carbocycles. The van der Waals surface area contributed by atoms with Crippen molar-refractivity contribution < 1.29 is 9.53 Å². The van der Waals surface area contributed by atoms with Crippen LogP contribution in [0.1, 0.15) is 64.8 Å². The van der Waals surface area contributed by atoms with Crippen LogP contribution in [0.5, 0.6) is 0 Å². The summed E-state index contributed by atoms with van der Waals surface area (Å²) in [6.45, 7) is 12.6. The van der Waals surface area contributed by atoms with Crippen LogP contribution >= 0.6 is 0 Å². The maximum absolute atomic E-state index is 12.7. The normalized spacial score (nSPS) is 22.1. The van der Waals surface area contributed by atoms with E-state index in [4.69, 9.17) is 4.74 Å². The Bertz CT molecular complexity index is 865. The van der Waals surface area contributed by atoms with Crippen LogP contribution < -0.4 is 0 Å². The molecule has 0 saturated carbocycles. The van der Waals surface area contributed by atoms with Gasteiger partial charge in [-0.05, 0) is 50.4 Å². The smallest absolute Gasteiger partial charge is 0.354 e. The highest BCUT2D eigenvalue weighted by atomic mass is 16.5. The quantitative estimate of drug-likeness (QED) is 0.650. The van der Waals surface area contributed by atoms with Gasteiger partial charge in [-0.15, -0.1) is 0 Å². The number of fused-ring (bicyclic) bond motifs is 3. The predicted molar refractivity (Wildman–Crippen MR) is 116 cm³/mol. The first kappa shape index (κ1) is 20.7. The van der Waals surface area contributed by atoms with Crippen LogP contribution in [-0.4, -0.2) is 35.1 Å². The molecular formula is C24H34N2O2. The molecule has 4 heterocycles. The highest BCUT2D eigenvalue weighted by molar-refractivity contribution is 6.13. The number of benzene rings is 1. The number of aromatic nitrogens is 1. The van der Waals surface area contributed by atoms with E-state index < -0.39 is 0 Å². The minimum Gasteiger partial charge on any atom is -0.461 e. The lowest BCUT2D eigenvalue weighted by molar-refractivity contribution is -0.136. The number of piperidine rings is 1. The van der Waals surface area contributed by atoms with E-state index in [1.807, 2.05) is 34.6 Å². The molecule has 2 unspecified atom stereocenters. The molecule has 0 bridgehead atoms. The Labute approximate surface area is 169 Å².